The Morgan fingerprint density at radius 3 is 2.55 bits per heavy atom. The third kappa shape index (κ3) is 4.72. The molecule has 5 heteroatoms. The average Bonchev–Trinajstić information content (AvgIpc) is 1.98. The maximum absolute atomic E-state index is 10.7. The van der Waals surface area contributed by atoms with E-state index >= 15 is 0 Å². The number of aliphatic hydroxyl groups excluding tert-OH is 1. The van der Waals surface area contributed by atoms with Crippen molar-refractivity contribution in [2.24, 2.45) is 0 Å². The molecule has 0 amide bonds. The van der Waals surface area contributed by atoms with Crippen molar-refractivity contribution in [3.8, 4) is 0 Å². The largest absolute Gasteiger partial charge is 0.468 e. The minimum Gasteiger partial charge on any atom is -0.468 e. The SMILES string of the molecule is COC(=O)C(C)NCC(O)O. The zero-order valence-corrected chi connectivity index (χ0v) is 6.57. The first-order valence-corrected chi connectivity index (χ1v) is 3.25. The summed E-state index contributed by atoms with van der Waals surface area (Å²) in [4.78, 5) is 10.7. The van der Waals surface area contributed by atoms with Gasteiger partial charge in [-0.3, -0.25) is 10.1 Å². The summed E-state index contributed by atoms with van der Waals surface area (Å²) in [7, 11) is 1.27. The number of carbonyl (C=O) groups is 1. The molecule has 0 aliphatic heterocycles. The van der Waals surface area contributed by atoms with Crippen LogP contribution in [0.15, 0.2) is 0 Å². The molecular weight excluding hydrogens is 150 g/mol. The maximum atomic E-state index is 10.7. The van der Waals surface area contributed by atoms with Gasteiger partial charge in [-0.15, -0.1) is 0 Å². The van der Waals surface area contributed by atoms with Gasteiger partial charge in [0.1, 0.15) is 6.04 Å². The Labute approximate surface area is 65.0 Å². The fourth-order valence-electron chi connectivity index (χ4n) is 0.542. The monoisotopic (exact) mass is 163 g/mol. The Bertz CT molecular complexity index is 126. The standard InChI is InChI=1S/C6H13NO4/c1-4(6(10)11-2)7-3-5(8)9/h4-5,7-9H,3H2,1-2H3. The van der Waals surface area contributed by atoms with Crippen molar-refractivity contribution in [2.75, 3.05) is 13.7 Å². The van der Waals surface area contributed by atoms with Crippen LogP contribution in [0.2, 0.25) is 0 Å². The number of carbonyl (C=O) groups excluding carboxylic acids is 1. The second-order valence-electron chi connectivity index (χ2n) is 2.13. The van der Waals surface area contributed by atoms with Gasteiger partial charge >= 0.3 is 5.97 Å². The number of ether oxygens (including phenoxy) is 1. The molecule has 5 nitrogen and oxygen atoms in total. The van der Waals surface area contributed by atoms with Gasteiger partial charge in [0, 0.05) is 6.54 Å². The molecule has 0 rings (SSSR count). The van der Waals surface area contributed by atoms with Crippen LogP contribution < -0.4 is 5.32 Å². The Kier molecular flexibility index (Phi) is 4.76. The zero-order chi connectivity index (χ0) is 8.85. The zero-order valence-electron chi connectivity index (χ0n) is 6.57. The number of hydrogen-bond acceptors (Lipinski definition) is 5. The van der Waals surface area contributed by atoms with Crippen molar-refractivity contribution in [3.05, 3.63) is 0 Å². The summed E-state index contributed by atoms with van der Waals surface area (Å²) in [5.41, 5.74) is 0. The van der Waals surface area contributed by atoms with Crippen LogP contribution in [0.4, 0.5) is 0 Å². The normalized spacial score (nSPS) is 13.2. The van der Waals surface area contributed by atoms with Crippen LogP contribution in [-0.2, 0) is 9.53 Å². The maximum Gasteiger partial charge on any atom is 0.322 e. The number of rotatable bonds is 4. The summed E-state index contributed by atoms with van der Waals surface area (Å²) in [5, 5.41) is 19.4. The predicted octanol–water partition coefficient (Wildman–Crippen LogP) is -1.55. The van der Waals surface area contributed by atoms with Gasteiger partial charge in [-0.05, 0) is 6.92 Å². The molecule has 0 fully saturated rings. The highest BCUT2D eigenvalue weighted by Crippen LogP contribution is 1.85. The van der Waals surface area contributed by atoms with E-state index < -0.39 is 18.3 Å². The molecule has 0 aliphatic carbocycles. The molecule has 0 heterocycles. The first kappa shape index (κ1) is 10.3. The van der Waals surface area contributed by atoms with Gasteiger partial charge in [0.15, 0.2) is 6.29 Å². The summed E-state index contributed by atoms with van der Waals surface area (Å²) < 4.78 is 4.38. The van der Waals surface area contributed by atoms with Gasteiger partial charge in [0.25, 0.3) is 0 Å². The third-order valence-corrected chi connectivity index (χ3v) is 1.16. The molecule has 0 saturated heterocycles. The van der Waals surface area contributed by atoms with Crippen molar-refractivity contribution in [2.45, 2.75) is 19.3 Å². The minimum absolute atomic E-state index is 0.0454. The molecular formula is C6H13NO4. The molecule has 1 atom stereocenters. The fraction of sp³-hybridized carbons (Fsp3) is 0.833. The summed E-state index contributed by atoms with van der Waals surface area (Å²) in [6, 6.07) is -0.512. The van der Waals surface area contributed by atoms with E-state index in [1.165, 1.54) is 7.11 Å². The molecule has 0 bridgehead atoms. The second-order valence-corrected chi connectivity index (χ2v) is 2.13. The third-order valence-electron chi connectivity index (χ3n) is 1.16. The molecule has 1 unspecified atom stereocenters. The van der Waals surface area contributed by atoms with Gasteiger partial charge in [-0.1, -0.05) is 0 Å². The smallest absolute Gasteiger partial charge is 0.322 e. The highest BCUT2D eigenvalue weighted by Gasteiger charge is 2.12. The van der Waals surface area contributed by atoms with Crippen LogP contribution in [0.5, 0.6) is 0 Å². The van der Waals surface area contributed by atoms with Crippen molar-refractivity contribution in [1.29, 1.82) is 0 Å². The molecule has 0 spiro atoms. The van der Waals surface area contributed by atoms with E-state index in [2.05, 4.69) is 10.1 Å². The minimum atomic E-state index is -1.44. The number of aliphatic hydroxyl groups is 2. The van der Waals surface area contributed by atoms with Gasteiger partial charge in [-0.25, -0.2) is 0 Å². The van der Waals surface area contributed by atoms with E-state index in [-0.39, 0.29) is 6.54 Å². The predicted molar refractivity (Wildman–Crippen MR) is 37.7 cm³/mol. The van der Waals surface area contributed by atoms with E-state index in [0.29, 0.717) is 0 Å². The van der Waals surface area contributed by atoms with Crippen LogP contribution in [0.25, 0.3) is 0 Å². The Balaban J connectivity index is 3.52. The van der Waals surface area contributed by atoms with Crippen LogP contribution in [0.3, 0.4) is 0 Å². The Morgan fingerprint density at radius 1 is 1.64 bits per heavy atom. The quantitative estimate of drug-likeness (QED) is 0.345. The van der Waals surface area contributed by atoms with E-state index in [9.17, 15) is 4.79 Å². The molecule has 66 valence electrons. The molecule has 0 saturated carbocycles. The van der Waals surface area contributed by atoms with Gasteiger partial charge in [0.2, 0.25) is 0 Å². The molecule has 3 N–H and O–H groups in total. The lowest BCUT2D eigenvalue weighted by molar-refractivity contribution is -0.143. The molecule has 0 aromatic rings. The summed E-state index contributed by atoms with van der Waals surface area (Å²) in [6.45, 7) is 1.53. The van der Waals surface area contributed by atoms with Gasteiger partial charge < -0.3 is 14.9 Å². The summed E-state index contributed by atoms with van der Waals surface area (Å²) >= 11 is 0. The molecule has 0 aromatic heterocycles. The second kappa shape index (κ2) is 5.06. The van der Waals surface area contributed by atoms with E-state index in [4.69, 9.17) is 10.2 Å². The van der Waals surface area contributed by atoms with Crippen molar-refractivity contribution in [1.82, 2.24) is 5.32 Å². The highest BCUT2D eigenvalue weighted by atomic mass is 16.5. The summed E-state index contributed by atoms with van der Waals surface area (Å²) in [5.74, 6) is -0.425. The number of hydrogen-bond donors (Lipinski definition) is 3. The topological polar surface area (TPSA) is 78.8 Å². The molecule has 0 radical (unpaired) electrons. The van der Waals surface area contributed by atoms with Gasteiger partial charge in [-0.2, -0.15) is 0 Å². The first-order chi connectivity index (χ1) is 5.07. The number of nitrogens with one attached hydrogen (secondary N) is 1. The molecule has 0 aromatic carbocycles. The van der Waals surface area contributed by atoms with Crippen LogP contribution in [-0.4, -0.2) is 42.2 Å². The van der Waals surface area contributed by atoms with Crippen molar-refractivity contribution >= 4 is 5.97 Å². The Morgan fingerprint density at radius 2 is 2.18 bits per heavy atom. The first-order valence-electron chi connectivity index (χ1n) is 3.25. The van der Waals surface area contributed by atoms with Crippen LogP contribution in [0, 0.1) is 0 Å². The van der Waals surface area contributed by atoms with Crippen molar-refractivity contribution in [3.63, 3.8) is 0 Å². The average molecular weight is 163 g/mol. The van der Waals surface area contributed by atoms with Crippen LogP contribution in [0.1, 0.15) is 6.92 Å². The highest BCUT2D eigenvalue weighted by molar-refractivity contribution is 5.74. The van der Waals surface area contributed by atoms with Crippen molar-refractivity contribution < 1.29 is 19.7 Å². The summed E-state index contributed by atoms with van der Waals surface area (Å²) in [6.07, 6.45) is -1.44. The number of methoxy groups -OCH3 is 1. The van der Waals surface area contributed by atoms with E-state index in [1.54, 1.807) is 6.92 Å². The Hall–Kier alpha value is -0.650. The fourth-order valence-corrected chi connectivity index (χ4v) is 0.542. The lowest BCUT2D eigenvalue weighted by atomic mass is 10.3. The van der Waals surface area contributed by atoms with Gasteiger partial charge in [0.05, 0.1) is 7.11 Å². The lowest BCUT2D eigenvalue weighted by Crippen LogP contribution is -2.39. The lowest BCUT2D eigenvalue weighted by Gasteiger charge is -2.11. The van der Waals surface area contributed by atoms with E-state index in [1.807, 2.05) is 0 Å². The van der Waals surface area contributed by atoms with Crippen LogP contribution >= 0.6 is 0 Å². The number of esters is 1. The molecule has 11 heavy (non-hydrogen) atoms. The molecule has 0 aliphatic rings. The van der Waals surface area contributed by atoms with E-state index in [0.717, 1.165) is 0 Å².